The summed E-state index contributed by atoms with van der Waals surface area (Å²) >= 11 is 0. The molecule has 5 nitrogen and oxygen atoms in total. The van der Waals surface area contributed by atoms with Crippen molar-refractivity contribution in [2.75, 3.05) is 7.11 Å². The zero-order valence-corrected chi connectivity index (χ0v) is 7.65. The molecular weight excluding hydrogens is 212 g/mol. The summed E-state index contributed by atoms with van der Waals surface area (Å²) < 4.78 is 32.7. The molecule has 0 aromatic heterocycles. The van der Waals surface area contributed by atoms with Crippen molar-refractivity contribution in [3.8, 4) is 11.5 Å². The number of benzene rings is 1. The van der Waals surface area contributed by atoms with Crippen molar-refractivity contribution in [1.29, 1.82) is 0 Å². The molecule has 0 saturated heterocycles. The quantitative estimate of drug-likeness (QED) is 0.575. The number of alkyl halides is 2. The van der Waals surface area contributed by atoms with Crippen LogP contribution < -0.4 is 9.47 Å². The van der Waals surface area contributed by atoms with Crippen LogP contribution in [-0.4, -0.2) is 18.6 Å². The van der Waals surface area contributed by atoms with E-state index in [1.165, 1.54) is 19.2 Å². The second kappa shape index (κ2) is 4.54. The summed E-state index contributed by atoms with van der Waals surface area (Å²) in [6, 6.07) is 3.67. The van der Waals surface area contributed by atoms with Crippen LogP contribution in [0.25, 0.3) is 0 Å². The van der Waals surface area contributed by atoms with E-state index < -0.39 is 23.0 Å². The summed E-state index contributed by atoms with van der Waals surface area (Å²) in [5.74, 6) is -0.676. The summed E-state index contributed by atoms with van der Waals surface area (Å²) in [5.41, 5.74) is -0.561. The van der Waals surface area contributed by atoms with Crippen molar-refractivity contribution in [2.24, 2.45) is 0 Å². The Labute approximate surface area is 83.4 Å². The lowest BCUT2D eigenvalue weighted by atomic mass is 10.3. The number of ether oxygens (including phenoxy) is 2. The van der Waals surface area contributed by atoms with Gasteiger partial charge in [-0.1, -0.05) is 6.07 Å². The zero-order valence-electron chi connectivity index (χ0n) is 7.65. The van der Waals surface area contributed by atoms with E-state index >= 15 is 0 Å². The Balaban J connectivity index is 3.20. The molecule has 1 aromatic rings. The van der Waals surface area contributed by atoms with E-state index in [1.54, 1.807) is 0 Å². The summed E-state index contributed by atoms with van der Waals surface area (Å²) in [4.78, 5) is 9.68. The third-order valence-electron chi connectivity index (χ3n) is 1.58. The Morgan fingerprint density at radius 2 is 2.13 bits per heavy atom. The fourth-order valence-electron chi connectivity index (χ4n) is 1.02. The molecule has 15 heavy (non-hydrogen) atoms. The van der Waals surface area contributed by atoms with Gasteiger partial charge < -0.3 is 9.47 Å². The maximum absolute atomic E-state index is 12.0. The van der Waals surface area contributed by atoms with Crippen molar-refractivity contribution in [2.45, 2.75) is 6.61 Å². The van der Waals surface area contributed by atoms with Crippen molar-refractivity contribution < 1.29 is 23.2 Å². The van der Waals surface area contributed by atoms with E-state index in [0.29, 0.717) is 0 Å². The maximum Gasteiger partial charge on any atom is 0.387 e. The molecule has 82 valence electrons. The van der Waals surface area contributed by atoms with Crippen LogP contribution in [0, 0.1) is 10.1 Å². The second-order valence-corrected chi connectivity index (χ2v) is 2.44. The van der Waals surface area contributed by atoms with Gasteiger partial charge in [0.15, 0.2) is 5.75 Å². The SMILES string of the molecule is COc1cccc([N+](=O)[O-])c1OC(F)F. The molecule has 0 radical (unpaired) electrons. The van der Waals surface area contributed by atoms with E-state index in [-0.39, 0.29) is 5.75 Å². The van der Waals surface area contributed by atoms with Gasteiger partial charge in [0.2, 0.25) is 5.75 Å². The molecule has 0 aliphatic heterocycles. The summed E-state index contributed by atoms with van der Waals surface area (Å²) in [7, 11) is 1.21. The monoisotopic (exact) mass is 219 g/mol. The predicted octanol–water partition coefficient (Wildman–Crippen LogP) is 2.20. The number of nitro benzene ring substituents is 1. The van der Waals surface area contributed by atoms with Gasteiger partial charge in [0, 0.05) is 6.07 Å². The standard InChI is InChI=1S/C8H7F2NO4/c1-14-6-4-2-3-5(11(12)13)7(6)15-8(9)10/h2-4,8H,1H3. The van der Waals surface area contributed by atoms with Gasteiger partial charge in [0.05, 0.1) is 12.0 Å². The van der Waals surface area contributed by atoms with Gasteiger partial charge in [-0.15, -0.1) is 0 Å². The van der Waals surface area contributed by atoms with E-state index in [4.69, 9.17) is 0 Å². The van der Waals surface area contributed by atoms with Gasteiger partial charge in [-0.3, -0.25) is 10.1 Å². The molecular formula is C8H7F2NO4. The number of para-hydroxylation sites is 1. The lowest BCUT2D eigenvalue weighted by Crippen LogP contribution is -2.06. The minimum atomic E-state index is -3.14. The van der Waals surface area contributed by atoms with Crippen LogP contribution >= 0.6 is 0 Å². The molecule has 0 N–H and O–H groups in total. The molecule has 0 fully saturated rings. The molecule has 0 aliphatic carbocycles. The molecule has 0 heterocycles. The number of hydrogen-bond donors (Lipinski definition) is 0. The minimum absolute atomic E-state index is 0.107. The van der Waals surface area contributed by atoms with Gasteiger partial charge in [-0.05, 0) is 6.07 Å². The number of nitrogens with zero attached hydrogens (tertiary/aromatic N) is 1. The van der Waals surface area contributed by atoms with Crippen molar-refractivity contribution in [3.05, 3.63) is 28.3 Å². The van der Waals surface area contributed by atoms with E-state index in [2.05, 4.69) is 9.47 Å². The number of hydrogen-bond acceptors (Lipinski definition) is 4. The number of halogens is 2. The molecule has 0 amide bonds. The van der Waals surface area contributed by atoms with Gasteiger partial charge in [-0.2, -0.15) is 8.78 Å². The normalized spacial score (nSPS) is 10.1. The Hall–Kier alpha value is -1.92. The van der Waals surface area contributed by atoms with E-state index in [0.717, 1.165) is 6.07 Å². The van der Waals surface area contributed by atoms with Gasteiger partial charge >= 0.3 is 12.3 Å². The average molecular weight is 219 g/mol. The first-order valence-corrected chi connectivity index (χ1v) is 3.82. The highest BCUT2D eigenvalue weighted by Gasteiger charge is 2.22. The number of methoxy groups -OCH3 is 1. The molecule has 1 rings (SSSR count). The van der Waals surface area contributed by atoms with Crippen molar-refractivity contribution in [1.82, 2.24) is 0 Å². The Morgan fingerprint density at radius 3 is 2.60 bits per heavy atom. The first-order valence-electron chi connectivity index (χ1n) is 3.82. The smallest absolute Gasteiger partial charge is 0.387 e. The fourth-order valence-corrected chi connectivity index (χ4v) is 1.02. The lowest BCUT2D eigenvalue weighted by Gasteiger charge is -2.09. The van der Waals surface area contributed by atoms with Gasteiger partial charge in [-0.25, -0.2) is 0 Å². The molecule has 0 bridgehead atoms. The third kappa shape index (κ3) is 2.52. The van der Waals surface area contributed by atoms with E-state index in [1.807, 2.05) is 0 Å². The largest absolute Gasteiger partial charge is 0.493 e. The van der Waals surface area contributed by atoms with Crippen LogP contribution in [0.2, 0.25) is 0 Å². The first-order chi connectivity index (χ1) is 7.06. The topological polar surface area (TPSA) is 61.6 Å². The van der Waals surface area contributed by atoms with Crippen LogP contribution in [0.4, 0.5) is 14.5 Å². The molecule has 1 aromatic carbocycles. The number of rotatable bonds is 4. The van der Waals surface area contributed by atoms with Gasteiger partial charge in [0.25, 0.3) is 0 Å². The molecule has 0 saturated carbocycles. The maximum atomic E-state index is 12.0. The first kappa shape index (κ1) is 11.2. The highest BCUT2D eigenvalue weighted by Crippen LogP contribution is 2.37. The fraction of sp³-hybridized carbons (Fsp3) is 0.250. The molecule has 0 unspecified atom stereocenters. The van der Waals surface area contributed by atoms with Crippen LogP contribution in [-0.2, 0) is 0 Å². The van der Waals surface area contributed by atoms with E-state index in [9.17, 15) is 18.9 Å². The lowest BCUT2D eigenvalue weighted by molar-refractivity contribution is -0.386. The molecule has 0 atom stereocenters. The van der Waals surface area contributed by atoms with Crippen molar-refractivity contribution >= 4 is 5.69 Å². The van der Waals surface area contributed by atoms with Crippen LogP contribution in [0.15, 0.2) is 18.2 Å². The Bertz CT molecular complexity index is 370. The molecule has 0 aliphatic rings. The molecule has 0 spiro atoms. The number of nitro groups is 1. The zero-order chi connectivity index (χ0) is 11.4. The third-order valence-corrected chi connectivity index (χ3v) is 1.58. The minimum Gasteiger partial charge on any atom is -0.493 e. The van der Waals surface area contributed by atoms with Gasteiger partial charge in [0.1, 0.15) is 0 Å². The van der Waals surface area contributed by atoms with Crippen molar-refractivity contribution in [3.63, 3.8) is 0 Å². The van der Waals surface area contributed by atoms with Crippen LogP contribution in [0.5, 0.6) is 11.5 Å². The summed E-state index contributed by atoms with van der Waals surface area (Å²) in [5, 5.41) is 10.5. The van der Waals surface area contributed by atoms with Crippen LogP contribution in [0.1, 0.15) is 0 Å². The van der Waals surface area contributed by atoms with Crippen LogP contribution in [0.3, 0.4) is 0 Å². The molecule has 7 heteroatoms. The summed E-state index contributed by atoms with van der Waals surface area (Å²) in [6.45, 7) is -3.14. The predicted molar refractivity (Wildman–Crippen MR) is 46.3 cm³/mol. The average Bonchev–Trinajstić information content (AvgIpc) is 2.16. The Morgan fingerprint density at radius 1 is 1.47 bits per heavy atom. The highest BCUT2D eigenvalue weighted by molar-refractivity contribution is 5.55. The Kier molecular flexibility index (Phi) is 3.37. The second-order valence-electron chi connectivity index (χ2n) is 2.44. The summed E-state index contributed by atoms with van der Waals surface area (Å²) in [6.07, 6.45) is 0. The highest BCUT2D eigenvalue weighted by atomic mass is 19.3.